The lowest BCUT2D eigenvalue weighted by molar-refractivity contribution is 0.0800. The van der Waals surface area contributed by atoms with Crippen molar-refractivity contribution in [1.29, 1.82) is 0 Å². The Bertz CT molecular complexity index is 1390. The largest absolute Gasteiger partial charge is 0.487 e. The predicted octanol–water partition coefficient (Wildman–Crippen LogP) is 4.06. The Kier molecular flexibility index (Phi) is 6.29. The first kappa shape index (κ1) is 24.1. The van der Waals surface area contributed by atoms with Gasteiger partial charge in [-0.1, -0.05) is 0 Å². The summed E-state index contributed by atoms with van der Waals surface area (Å²) in [5.41, 5.74) is 2.75. The van der Waals surface area contributed by atoms with Crippen molar-refractivity contribution < 1.29 is 18.6 Å². The molecule has 1 aliphatic heterocycles. The molecule has 0 aliphatic carbocycles. The van der Waals surface area contributed by atoms with Gasteiger partial charge in [0.05, 0.1) is 23.5 Å². The number of benzene rings is 1. The van der Waals surface area contributed by atoms with E-state index in [1.54, 1.807) is 30.9 Å². The number of fused-ring (bicyclic) bond motifs is 1. The van der Waals surface area contributed by atoms with Gasteiger partial charge < -0.3 is 14.7 Å². The molecule has 0 saturated carbocycles. The number of halogens is 2. The highest BCUT2D eigenvalue weighted by Gasteiger charge is 2.26. The zero-order valence-electron chi connectivity index (χ0n) is 20.4. The van der Waals surface area contributed by atoms with Crippen LogP contribution in [0.25, 0.3) is 22.3 Å². The van der Waals surface area contributed by atoms with Crippen LogP contribution in [-0.4, -0.2) is 54.6 Å². The van der Waals surface area contributed by atoms with Crippen molar-refractivity contribution in [2.45, 2.75) is 44.8 Å². The molecule has 0 atom stereocenters. The van der Waals surface area contributed by atoms with Crippen LogP contribution in [0.1, 0.15) is 32.4 Å². The minimum Gasteiger partial charge on any atom is -0.487 e. The monoisotopic (exact) mass is 494 g/mol. The molecule has 1 fully saturated rings. The number of anilines is 1. The van der Waals surface area contributed by atoms with Gasteiger partial charge in [-0.15, -0.1) is 0 Å². The molecule has 4 aromatic rings. The molecule has 0 spiro atoms. The van der Waals surface area contributed by atoms with E-state index in [1.807, 2.05) is 19.3 Å². The van der Waals surface area contributed by atoms with Crippen LogP contribution in [0.5, 0.6) is 5.75 Å². The second kappa shape index (κ2) is 9.42. The van der Waals surface area contributed by atoms with E-state index in [9.17, 15) is 13.9 Å². The summed E-state index contributed by atoms with van der Waals surface area (Å²) in [7, 11) is 1.85. The van der Waals surface area contributed by atoms with Gasteiger partial charge in [-0.05, 0) is 32.0 Å². The molecule has 8 nitrogen and oxygen atoms in total. The lowest BCUT2D eigenvalue weighted by atomic mass is 10.0. The summed E-state index contributed by atoms with van der Waals surface area (Å²) >= 11 is 0. The molecule has 3 aromatic heterocycles. The van der Waals surface area contributed by atoms with Gasteiger partial charge in [-0.25, -0.2) is 18.7 Å². The first-order valence-corrected chi connectivity index (χ1v) is 11.9. The van der Waals surface area contributed by atoms with Crippen molar-refractivity contribution in [3.8, 4) is 17.0 Å². The van der Waals surface area contributed by atoms with Crippen LogP contribution in [0.2, 0.25) is 0 Å². The fraction of sp³-hybridized carbons (Fsp3) is 0.385. The third-order valence-electron chi connectivity index (χ3n) is 6.11. The second-order valence-electron chi connectivity index (χ2n) is 9.83. The lowest BCUT2D eigenvalue weighted by Crippen LogP contribution is -2.39. The van der Waals surface area contributed by atoms with Gasteiger partial charge in [0, 0.05) is 62.9 Å². The number of ether oxygens (including phenoxy) is 1. The summed E-state index contributed by atoms with van der Waals surface area (Å²) in [4.78, 5) is 16.5. The van der Waals surface area contributed by atoms with Gasteiger partial charge in [0.25, 0.3) is 0 Å². The maximum Gasteiger partial charge on any atom is 0.167 e. The summed E-state index contributed by atoms with van der Waals surface area (Å²) in [5, 5.41) is 14.5. The summed E-state index contributed by atoms with van der Waals surface area (Å²) in [6, 6.07) is 5.21. The highest BCUT2D eigenvalue weighted by molar-refractivity contribution is 5.83. The van der Waals surface area contributed by atoms with Crippen molar-refractivity contribution in [2.24, 2.45) is 7.05 Å². The number of piperidine rings is 1. The van der Waals surface area contributed by atoms with E-state index < -0.39 is 17.2 Å². The number of nitrogens with zero attached hydrogens (tertiary/aromatic N) is 6. The maximum absolute atomic E-state index is 14.0. The normalized spacial score (nSPS) is 15.0. The Balaban J connectivity index is 1.42. The van der Waals surface area contributed by atoms with Crippen LogP contribution in [0.4, 0.5) is 14.6 Å². The molecule has 1 aromatic carbocycles. The number of pyridine rings is 1. The Hall–Kier alpha value is -3.66. The van der Waals surface area contributed by atoms with Gasteiger partial charge in [-0.2, -0.15) is 5.10 Å². The second-order valence-corrected chi connectivity index (χ2v) is 9.83. The Morgan fingerprint density at radius 3 is 2.53 bits per heavy atom. The van der Waals surface area contributed by atoms with E-state index in [0.717, 1.165) is 23.1 Å². The van der Waals surface area contributed by atoms with Crippen LogP contribution in [0.3, 0.4) is 0 Å². The van der Waals surface area contributed by atoms with Crippen LogP contribution < -0.4 is 9.64 Å². The fourth-order valence-electron chi connectivity index (χ4n) is 4.43. The van der Waals surface area contributed by atoms with Gasteiger partial charge in [-0.3, -0.25) is 9.67 Å². The molecule has 1 aliphatic rings. The highest BCUT2D eigenvalue weighted by Crippen LogP contribution is 2.32. The van der Waals surface area contributed by atoms with E-state index in [4.69, 9.17) is 14.7 Å². The smallest absolute Gasteiger partial charge is 0.167 e. The summed E-state index contributed by atoms with van der Waals surface area (Å²) in [6.07, 6.45) is 6.83. The van der Waals surface area contributed by atoms with Gasteiger partial charge in [0.1, 0.15) is 23.1 Å². The molecule has 0 amide bonds. The summed E-state index contributed by atoms with van der Waals surface area (Å²) in [5.74, 6) is -0.550. The van der Waals surface area contributed by atoms with Gasteiger partial charge in [0.2, 0.25) is 0 Å². The molecule has 0 radical (unpaired) electrons. The van der Waals surface area contributed by atoms with E-state index in [-0.39, 0.29) is 11.9 Å². The molecule has 1 N–H and O–H groups in total. The van der Waals surface area contributed by atoms with Crippen LogP contribution in [-0.2, 0) is 13.5 Å². The maximum atomic E-state index is 14.0. The number of aliphatic hydroxyl groups is 1. The minimum absolute atomic E-state index is 0.0596. The Labute approximate surface area is 207 Å². The average Bonchev–Trinajstić information content (AvgIpc) is 3.25. The summed E-state index contributed by atoms with van der Waals surface area (Å²) < 4.78 is 34.8. The van der Waals surface area contributed by atoms with Crippen LogP contribution >= 0.6 is 0 Å². The zero-order valence-corrected chi connectivity index (χ0v) is 20.4. The van der Waals surface area contributed by atoms with E-state index in [0.29, 0.717) is 49.1 Å². The number of aryl methyl sites for hydroxylation is 1. The SMILES string of the molecule is Cn1cc(-c2nc3cc(CC(C)(C)O)ncc3nc2N2CCC(Oc3ccc(F)cc3F)CC2)cn1. The first-order chi connectivity index (χ1) is 17.1. The fourth-order valence-corrected chi connectivity index (χ4v) is 4.43. The molecule has 0 bridgehead atoms. The molecule has 36 heavy (non-hydrogen) atoms. The molecule has 4 heterocycles. The molecular formula is C26H28F2N6O2. The first-order valence-electron chi connectivity index (χ1n) is 11.9. The van der Waals surface area contributed by atoms with E-state index in [1.165, 1.54) is 12.1 Å². The van der Waals surface area contributed by atoms with Crippen LogP contribution in [0, 0.1) is 11.6 Å². The van der Waals surface area contributed by atoms with Gasteiger partial charge in [0.15, 0.2) is 17.4 Å². The Morgan fingerprint density at radius 2 is 1.86 bits per heavy atom. The molecular weight excluding hydrogens is 466 g/mol. The zero-order chi connectivity index (χ0) is 25.4. The highest BCUT2D eigenvalue weighted by atomic mass is 19.1. The standard InChI is InChI=1S/C26H28F2N6O2/c1-26(2,35)12-18-11-21-22(14-29-18)32-25(24(31-21)16-13-30-33(3)15-16)34-8-6-19(7-9-34)36-23-5-4-17(27)10-20(23)28/h4-5,10-11,13-15,19,35H,6-9,12H2,1-3H3. The van der Waals surface area contributed by atoms with Crippen molar-refractivity contribution >= 4 is 16.9 Å². The topological polar surface area (TPSA) is 89.2 Å². The number of hydrogen-bond donors (Lipinski definition) is 1. The molecule has 188 valence electrons. The average molecular weight is 495 g/mol. The number of hydrogen-bond acceptors (Lipinski definition) is 7. The molecule has 1 saturated heterocycles. The quantitative estimate of drug-likeness (QED) is 0.432. The van der Waals surface area contributed by atoms with Crippen molar-refractivity contribution in [2.75, 3.05) is 18.0 Å². The molecule has 10 heteroatoms. The minimum atomic E-state index is -0.885. The lowest BCUT2D eigenvalue weighted by Gasteiger charge is -2.33. The van der Waals surface area contributed by atoms with Crippen molar-refractivity contribution in [1.82, 2.24) is 24.7 Å². The van der Waals surface area contributed by atoms with Crippen LogP contribution in [0.15, 0.2) is 42.9 Å². The molecule has 0 unspecified atom stereocenters. The third kappa shape index (κ3) is 5.28. The number of aromatic nitrogens is 5. The predicted molar refractivity (Wildman–Crippen MR) is 132 cm³/mol. The third-order valence-corrected chi connectivity index (χ3v) is 6.11. The van der Waals surface area contributed by atoms with E-state index in [2.05, 4.69) is 15.0 Å². The van der Waals surface area contributed by atoms with Gasteiger partial charge >= 0.3 is 0 Å². The molecule has 5 rings (SSSR count). The Morgan fingerprint density at radius 1 is 1.08 bits per heavy atom. The number of rotatable bonds is 6. The van der Waals surface area contributed by atoms with Crippen molar-refractivity contribution in [3.05, 3.63) is 60.2 Å². The van der Waals surface area contributed by atoms with E-state index >= 15 is 0 Å². The van der Waals surface area contributed by atoms with Crippen molar-refractivity contribution in [3.63, 3.8) is 0 Å². The summed E-state index contributed by atoms with van der Waals surface area (Å²) in [6.45, 7) is 4.75.